The second-order valence-corrected chi connectivity index (χ2v) is 7.84. The molecule has 0 bridgehead atoms. The van der Waals surface area contributed by atoms with Crippen molar-refractivity contribution in [3.8, 4) is 0 Å². The number of aromatic nitrogens is 2. The molecule has 144 valence electrons. The third-order valence-corrected chi connectivity index (χ3v) is 5.42. The quantitative estimate of drug-likeness (QED) is 0.832. The first-order valence-electron chi connectivity index (χ1n) is 9.72. The lowest BCUT2D eigenvalue weighted by Gasteiger charge is -2.34. The van der Waals surface area contributed by atoms with Crippen LogP contribution in [0.1, 0.15) is 46.0 Å². The fourth-order valence-electron chi connectivity index (χ4n) is 3.96. The zero-order valence-corrected chi connectivity index (χ0v) is 15.7. The van der Waals surface area contributed by atoms with Gasteiger partial charge < -0.3 is 19.9 Å². The van der Waals surface area contributed by atoms with Crippen LogP contribution in [0.15, 0.2) is 17.2 Å². The zero-order chi connectivity index (χ0) is 18.5. The average Bonchev–Trinajstić information content (AvgIpc) is 2.62. The van der Waals surface area contributed by atoms with Crippen LogP contribution in [-0.4, -0.2) is 47.7 Å². The molecule has 7 heteroatoms. The molecule has 1 amide bonds. The van der Waals surface area contributed by atoms with Crippen molar-refractivity contribution in [3.63, 3.8) is 0 Å². The Morgan fingerprint density at radius 1 is 1.46 bits per heavy atom. The van der Waals surface area contributed by atoms with Crippen LogP contribution in [0.3, 0.4) is 0 Å². The Hall–Kier alpha value is -1.89. The molecule has 0 spiro atoms. The van der Waals surface area contributed by atoms with E-state index in [0.29, 0.717) is 30.6 Å². The smallest absolute Gasteiger partial charge is 0.290 e. The van der Waals surface area contributed by atoms with Crippen molar-refractivity contribution in [1.82, 2.24) is 15.3 Å². The molecule has 3 heterocycles. The molecule has 0 aromatic carbocycles. The van der Waals surface area contributed by atoms with Gasteiger partial charge in [-0.1, -0.05) is 13.8 Å². The molecule has 2 N–H and O–H groups in total. The summed E-state index contributed by atoms with van der Waals surface area (Å²) in [7, 11) is 0. The van der Waals surface area contributed by atoms with Crippen LogP contribution in [0.5, 0.6) is 0 Å². The van der Waals surface area contributed by atoms with Gasteiger partial charge in [0, 0.05) is 44.6 Å². The number of H-pyrrole nitrogens is 1. The molecule has 2 aliphatic rings. The number of carbonyl (C=O) groups excluding carboxylic acids is 1. The molecule has 3 atom stereocenters. The fraction of sp³-hybridized carbons (Fsp3) is 0.737. The van der Waals surface area contributed by atoms with Crippen LogP contribution < -0.4 is 15.8 Å². The number of anilines is 1. The van der Waals surface area contributed by atoms with E-state index in [-0.39, 0.29) is 23.6 Å². The molecule has 2 fully saturated rings. The van der Waals surface area contributed by atoms with Gasteiger partial charge in [0.15, 0.2) is 5.82 Å². The van der Waals surface area contributed by atoms with E-state index in [9.17, 15) is 9.59 Å². The summed E-state index contributed by atoms with van der Waals surface area (Å²) in [6.45, 7) is 6.52. The van der Waals surface area contributed by atoms with E-state index in [1.807, 2.05) is 4.90 Å². The van der Waals surface area contributed by atoms with E-state index in [2.05, 4.69) is 29.1 Å². The second-order valence-electron chi connectivity index (χ2n) is 7.84. The minimum atomic E-state index is -0.179. The Balaban J connectivity index is 1.51. The topological polar surface area (TPSA) is 87.3 Å². The second kappa shape index (κ2) is 8.66. The Labute approximate surface area is 154 Å². The number of nitrogens with zero attached hydrogens (tertiary/aromatic N) is 2. The number of piperidine rings is 1. The molecule has 2 saturated heterocycles. The van der Waals surface area contributed by atoms with E-state index in [4.69, 9.17) is 4.74 Å². The molecule has 0 aliphatic carbocycles. The summed E-state index contributed by atoms with van der Waals surface area (Å²) < 4.78 is 5.80. The lowest BCUT2D eigenvalue weighted by atomic mass is 9.88. The van der Waals surface area contributed by atoms with Crippen LogP contribution in [0, 0.1) is 11.8 Å². The van der Waals surface area contributed by atoms with Gasteiger partial charge in [-0.2, -0.15) is 0 Å². The number of carbonyl (C=O) groups is 1. The first kappa shape index (κ1) is 18.9. The third-order valence-electron chi connectivity index (χ3n) is 5.42. The van der Waals surface area contributed by atoms with Gasteiger partial charge in [0.05, 0.1) is 6.10 Å². The van der Waals surface area contributed by atoms with Gasteiger partial charge in [-0.3, -0.25) is 9.59 Å². The lowest BCUT2D eigenvalue weighted by molar-refractivity contribution is -0.124. The molecular weight excluding hydrogens is 332 g/mol. The predicted molar refractivity (Wildman–Crippen MR) is 100 cm³/mol. The predicted octanol–water partition coefficient (Wildman–Crippen LogP) is 1.70. The minimum absolute atomic E-state index is 0.0680. The van der Waals surface area contributed by atoms with Crippen LogP contribution in [0.25, 0.3) is 0 Å². The Kier molecular flexibility index (Phi) is 6.29. The highest BCUT2D eigenvalue weighted by Gasteiger charge is 2.28. The highest BCUT2D eigenvalue weighted by molar-refractivity contribution is 5.76. The van der Waals surface area contributed by atoms with Crippen LogP contribution in [-0.2, 0) is 9.53 Å². The van der Waals surface area contributed by atoms with Crippen molar-refractivity contribution in [3.05, 3.63) is 22.7 Å². The van der Waals surface area contributed by atoms with Gasteiger partial charge in [0.25, 0.3) is 5.56 Å². The molecule has 0 saturated carbocycles. The molecule has 1 aromatic rings. The van der Waals surface area contributed by atoms with E-state index < -0.39 is 0 Å². The van der Waals surface area contributed by atoms with Gasteiger partial charge in [0.2, 0.25) is 5.91 Å². The van der Waals surface area contributed by atoms with Crippen molar-refractivity contribution in [1.29, 1.82) is 0 Å². The molecule has 26 heavy (non-hydrogen) atoms. The number of hydrogen-bond acceptors (Lipinski definition) is 5. The van der Waals surface area contributed by atoms with Crippen molar-refractivity contribution >= 4 is 11.7 Å². The number of nitrogens with one attached hydrogen (secondary N) is 2. The molecule has 2 aliphatic heterocycles. The van der Waals surface area contributed by atoms with Crippen molar-refractivity contribution in [2.75, 3.05) is 24.6 Å². The Morgan fingerprint density at radius 3 is 3.08 bits per heavy atom. The first-order chi connectivity index (χ1) is 12.5. The standard InChI is InChI=1S/C19H30N4O3/c1-13(2)16-10-14(5-9-26-16)11-17(24)22-15-4-3-8-23(12-15)18-19(25)21-7-6-20-18/h6-7,13-16H,3-5,8-12H2,1-2H3,(H,21,25)(H,22,24). The number of rotatable bonds is 5. The normalized spacial score (nSPS) is 26.7. The van der Waals surface area contributed by atoms with E-state index >= 15 is 0 Å². The Morgan fingerprint density at radius 2 is 2.31 bits per heavy atom. The van der Waals surface area contributed by atoms with Crippen LogP contribution in [0.4, 0.5) is 5.82 Å². The number of aromatic amines is 1. The summed E-state index contributed by atoms with van der Waals surface area (Å²) in [6, 6.07) is 0.0680. The Bertz CT molecular complexity index is 660. The number of amides is 1. The molecular formula is C19H30N4O3. The highest BCUT2D eigenvalue weighted by atomic mass is 16.5. The summed E-state index contributed by atoms with van der Waals surface area (Å²) in [5.41, 5.74) is -0.179. The summed E-state index contributed by atoms with van der Waals surface area (Å²) in [4.78, 5) is 33.3. The third kappa shape index (κ3) is 4.84. The molecule has 3 unspecified atom stereocenters. The largest absolute Gasteiger partial charge is 0.378 e. The van der Waals surface area contributed by atoms with Gasteiger partial charge in [-0.15, -0.1) is 0 Å². The molecule has 7 nitrogen and oxygen atoms in total. The van der Waals surface area contributed by atoms with Gasteiger partial charge in [0.1, 0.15) is 0 Å². The lowest BCUT2D eigenvalue weighted by Crippen LogP contribution is -2.49. The SMILES string of the molecule is CC(C)C1CC(CC(=O)NC2CCCN(c3ncc[nH]c3=O)C2)CCO1. The number of ether oxygens (including phenoxy) is 1. The van der Waals surface area contributed by atoms with E-state index in [1.165, 1.54) is 6.20 Å². The van der Waals surface area contributed by atoms with E-state index in [0.717, 1.165) is 38.8 Å². The van der Waals surface area contributed by atoms with Crippen molar-refractivity contribution < 1.29 is 9.53 Å². The van der Waals surface area contributed by atoms with Gasteiger partial charge in [-0.25, -0.2) is 4.98 Å². The van der Waals surface area contributed by atoms with Gasteiger partial charge in [-0.05, 0) is 37.5 Å². The van der Waals surface area contributed by atoms with E-state index in [1.54, 1.807) is 6.20 Å². The summed E-state index contributed by atoms with van der Waals surface area (Å²) in [5.74, 6) is 1.44. The minimum Gasteiger partial charge on any atom is -0.378 e. The maximum atomic E-state index is 12.5. The maximum absolute atomic E-state index is 12.5. The monoisotopic (exact) mass is 362 g/mol. The average molecular weight is 362 g/mol. The van der Waals surface area contributed by atoms with Crippen LogP contribution >= 0.6 is 0 Å². The molecule has 3 rings (SSSR count). The van der Waals surface area contributed by atoms with Crippen LogP contribution in [0.2, 0.25) is 0 Å². The highest BCUT2D eigenvalue weighted by Crippen LogP contribution is 2.27. The summed E-state index contributed by atoms with van der Waals surface area (Å²) in [5, 5.41) is 3.17. The summed E-state index contributed by atoms with van der Waals surface area (Å²) in [6.07, 6.45) is 7.75. The summed E-state index contributed by atoms with van der Waals surface area (Å²) >= 11 is 0. The fourth-order valence-corrected chi connectivity index (χ4v) is 3.96. The van der Waals surface area contributed by atoms with Crippen molar-refractivity contribution in [2.45, 2.75) is 58.1 Å². The number of hydrogen-bond donors (Lipinski definition) is 2. The van der Waals surface area contributed by atoms with Gasteiger partial charge >= 0.3 is 0 Å². The van der Waals surface area contributed by atoms with Crippen molar-refractivity contribution in [2.24, 2.45) is 11.8 Å². The molecule has 1 aromatic heterocycles. The first-order valence-corrected chi connectivity index (χ1v) is 9.72. The maximum Gasteiger partial charge on any atom is 0.290 e. The molecule has 0 radical (unpaired) electrons. The zero-order valence-electron chi connectivity index (χ0n) is 15.7.